The molecule has 0 N–H and O–H groups in total. The van der Waals surface area contributed by atoms with Crippen LogP contribution in [0.2, 0.25) is 0 Å². The summed E-state index contributed by atoms with van der Waals surface area (Å²) in [6, 6.07) is 16.0. The minimum atomic E-state index is -0.461. The van der Waals surface area contributed by atoms with Crippen LogP contribution in [0.15, 0.2) is 54.6 Å². The topological polar surface area (TPSA) is 44.8 Å². The second-order valence-electron chi connectivity index (χ2n) is 3.73. The third-order valence-electron chi connectivity index (χ3n) is 2.39. The molecule has 0 aliphatic rings. The van der Waals surface area contributed by atoms with Crippen molar-refractivity contribution in [2.24, 2.45) is 0 Å². The van der Waals surface area contributed by atoms with Crippen molar-refractivity contribution in [3.05, 3.63) is 54.6 Å². The SMILES string of the molecule is COc1ccccc1OCC(=O)Oc1ccccc1. The zero-order chi connectivity index (χ0) is 13.5. The molecule has 0 radical (unpaired) electrons. The number of para-hydroxylation sites is 3. The van der Waals surface area contributed by atoms with Crippen molar-refractivity contribution in [3.8, 4) is 17.2 Å². The first-order chi connectivity index (χ1) is 9.29. The second-order valence-corrected chi connectivity index (χ2v) is 3.73. The van der Waals surface area contributed by atoms with Gasteiger partial charge < -0.3 is 14.2 Å². The highest BCUT2D eigenvalue weighted by molar-refractivity contribution is 5.74. The molecule has 0 heterocycles. The average Bonchev–Trinajstić information content (AvgIpc) is 2.46. The van der Waals surface area contributed by atoms with E-state index in [4.69, 9.17) is 14.2 Å². The lowest BCUT2D eigenvalue weighted by Gasteiger charge is -2.09. The molecule has 4 heteroatoms. The van der Waals surface area contributed by atoms with E-state index >= 15 is 0 Å². The van der Waals surface area contributed by atoms with Crippen molar-refractivity contribution in [1.29, 1.82) is 0 Å². The van der Waals surface area contributed by atoms with Crippen LogP contribution in [0.5, 0.6) is 17.2 Å². The summed E-state index contributed by atoms with van der Waals surface area (Å²) in [6.07, 6.45) is 0. The van der Waals surface area contributed by atoms with Crippen molar-refractivity contribution in [2.45, 2.75) is 0 Å². The predicted octanol–water partition coefficient (Wildman–Crippen LogP) is 2.68. The molecule has 2 rings (SSSR count). The summed E-state index contributed by atoms with van der Waals surface area (Å²) in [5.41, 5.74) is 0. The van der Waals surface area contributed by atoms with E-state index in [1.165, 1.54) is 0 Å². The number of carbonyl (C=O) groups is 1. The lowest BCUT2D eigenvalue weighted by molar-refractivity contribution is -0.136. The van der Waals surface area contributed by atoms with Gasteiger partial charge in [0, 0.05) is 0 Å². The van der Waals surface area contributed by atoms with Crippen LogP contribution in [0.1, 0.15) is 0 Å². The van der Waals surface area contributed by atoms with Gasteiger partial charge in [-0.15, -0.1) is 0 Å². The van der Waals surface area contributed by atoms with Crippen molar-refractivity contribution in [2.75, 3.05) is 13.7 Å². The monoisotopic (exact) mass is 258 g/mol. The van der Waals surface area contributed by atoms with Crippen LogP contribution in [0, 0.1) is 0 Å². The molecule has 0 spiro atoms. The zero-order valence-corrected chi connectivity index (χ0v) is 10.5. The van der Waals surface area contributed by atoms with Crippen LogP contribution < -0.4 is 14.2 Å². The van der Waals surface area contributed by atoms with Crippen LogP contribution in [-0.2, 0) is 4.79 Å². The van der Waals surface area contributed by atoms with Gasteiger partial charge in [-0.25, -0.2) is 4.79 Å². The normalized spacial score (nSPS) is 9.74. The molecular formula is C15H14O4. The van der Waals surface area contributed by atoms with Crippen molar-refractivity contribution >= 4 is 5.97 Å². The molecule has 19 heavy (non-hydrogen) atoms. The molecule has 0 fully saturated rings. The molecule has 0 bridgehead atoms. The lowest BCUT2D eigenvalue weighted by atomic mass is 10.3. The summed E-state index contributed by atoms with van der Waals surface area (Å²) in [6.45, 7) is -0.171. The molecule has 0 aromatic heterocycles. The quantitative estimate of drug-likeness (QED) is 0.611. The van der Waals surface area contributed by atoms with Gasteiger partial charge in [0.15, 0.2) is 18.1 Å². The molecule has 2 aromatic rings. The van der Waals surface area contributed by atoms with E-state index in [-0.39, 0.29) is 6.61 Å². The minimum Gasteiger partial charge on any atom is -0.493 e. The second kappa shape index (κ2) is 6.44. The van der Waals surface area contributed by atoms with Gasteiger partial charge in [-0.05, 0) is 24.3 Å². The molecule has 0 unspecified atom stereocenters. The molecule has 0 aliphatic carbocycles. The molecule has 98 valence electrons. The largest absolute Gasteiger partial charge is 0.493 e. The van der Waals surface area contributed by atoms with Crippen molar-refractivity contribution in [3.63, 3.8) is 0 Å². The van der Waals surface area contributed by atoms with Gasteiger partial charge in [0.1, 0.15) is 5.75 Å². The molecular weight excluding hydrogens is 244 g/mol. The molecule has 2 aromatic carbocycles. The Hall–Kier alpha value is -2.49. The third kappa shape index (κ3) is 3.74. The number of esters is 1. The van der Waals surface area contributed by atoms with Crippen molar-refractivity contribution in [1.82, 2.24) is 0 Å². The van der Waals surface area contributed by atoms with Crippen LogP contribution in [-0.4, -0.2) is 19.7 Å². The Balaban J connectivity index is 1.90. The average molecular weight is 258 g/mol. The van der Waals surface area contributed by atoms with Gasteiger partial charge in [-0.1, -0.05) is 30.3 Å². The number of ether oxygens (including phenoxy) is 3. The van der Waals surface area contributed by atoms with E-state index in [9.17, 15) is 4.79 Å². The number of carbonyl (C=O) groups excluding carboxylic acids is 1. The first-order valence-corrected chi connectivity index (χ1v) is 5.81. The lowest BCUT2D eigenvalue weighted by Crippen LogP contribution is -2.17. The van der Waals surface area contributed by atoms with Gasteiger partial charge in [0.25, 0.3) is 0 Å². The molecule has 0 saturated carbocycles. The van der Waals surface area contributed by atoms with E-state index in [2.05, 4.69) is 0 Å². The van der Waals surface area contributed by atoms with E-state index in [0.717, 1.165) is 0 Å². The van der Waals surface area contributed by atoms with Crippen LogP contribution in [0.3, 0.4) is 0 Å². The van der Waals surface area contributed by atoms with Crippen molar-refractivity contribution < 1.29 is 19.0 Å². The first-order valence-electron chi connectivity index (χ1n) is 5.81. The van der Waals surface area contributed by atoms with Gasteiger partial charge in [0.05, 0.1) is 7.11 Å². The van der Waals surface area contributed by atoms with Gasteiger partial charge in [-0.2, -0.15) is 0 Å². The number of methoxy groups -OCH3 is 1. The highest BCUT2D eigenvalue weighted by Crippen LogP contribution is 2.25. The Morgan fingerprint density at radius 1 is 0.947 bits per heavy atom. The molecule has 0 aliphatic heterocycles. The molecule has 0 saturated heterocycles. The van der Waals surface area contributed by atoms with Gasteiger partial charge in [-0.3, -0.25) is 0 Å². The van der Waals surface area contributed by atoms with E-state index in [1.807, 2.05) is 12.1 Å². The Kier molecular flexibility index (Phi) is 4.39. The summed E-state index contributed by atoms with van der Waals surface area (Å²) in [4.78, 5) is 11.6. The summed E-state index contributed by atoms with van der Waals surface area (Å²) >= 11 is 0. The molecule has 0 amide bonds. The maximum Gasteiger partial charge on any atom is 0.349 e. The number of rotatable bonds is 5. The third-order valence-corrected chi connectivity index (χ3v) is 2.39. The summed E-state index contributed by atoms with van der Waals surface area (Å²) in [7, 11) is 1.55. The highest BCUT2D eigenvalue weighted by Gasteiger charge is 2.08. The fraction of sp³-hybridized carbons (Fsp3) is 0.133. The van der Waals surface area contributed by atoms with Gasteiger partial charge in [0.2, 0.25) is 0 Å². The highest BCUT2D eigenvalue weighted by atomic mass is 16.6. The maximum atomic E-state index is 11.6. The fourth-order valence-corrected chi connectivity index (χ4v) is 1.52. The zero-order valence-electron chi connectivity index (χ0n) is 10.5. The predicted molar refractivity (Wildman–Crippen MR) is 70.6 cm³/mol. The van der Waals surface area contributed by atoms with E-state index in [1.54, 1.807) is 49.6 Å². The Bertz CT molecular complexity index is 537. The molecule has 4 nitrogen and oxygen atoms in total. The summed E-state index contributed by atoms with van der Waals surface area (Å²) < 4.78 is 15.6. The Morgan fingerprint density at radius 2 is 1.58 bits per heavy atom. The fourth-order valence-electron chi connectivity index (χ4n) is 1.52. The van der Waals surface area contributed by atoms with Crippen LogP contribution >= 0.6 is 0 Å². The standard InChI is InChI=1S/C15H14O4/c1-17-13-9-5-6-10-14(13)18-11-15(16)19-12-7-3-2-4-8-12/h2-10H,11H2,1H3. The number of benzene rings is 2. The van der Waals surface area contributed by atoms with E-state index in [0.29, 0.717) is 17.2 Å². The minimum absolute atomic E-state index is 0.171. The first kappa shape index (κ1) is 13.0. The summed E-state index contributed by atoms with van der Waals surface area (Å²) in [5.74, 6) is 1.12. The van der Waals surface area contributed by atoms with Gasteiger partial charge >= 0.3 is 5.97 Å². The van der Waals surface area contributed by atoms with Crippen LogP contribution in [0.4, 0.5) is 0 Å². The smallest absolute Gasteiger partial charge is 0.349 e. The maximum absolute atomic E-state index is 11.6. The Labute approximate surface area is 111 Å². The number of hydrogen-bond acceptors (Lipinski definition) is 4. The van der Waals surface area contributed by atoms with E-state index < -0.39 is 5.97 Å². The summed E-state index contributed by atoms with van der Waals surface area (Å²) in [5, 5.41) is 0. The van der Waals surface area contributed by atoms with Crippen LogP contribution in [0.25, 0.3) is 0 Å². The Morgan fingerprint density at radius 3 is 2.26 bits per heavy atom. The number of hydrogen-bond donors (Lipinski definition) is 0. The molecule has 0 atom stereocenters.